The molecule has 0 aliphatic carbocycles. The van der Waals surface area contributed by atoms with E-state index in [4.69, 9.17) is 10.5 Å². The summed E-state index contributed by atoms with van der Waals surface area (Å²) < 4.78 is 5.45. The molecule has 0 radical (unpaired) electrons. The molecule has 0 heterocycles. The van der Waals surface area contributed by atoms with Crippen LogP contribution in [0, 0.1) is 0 Å². The fourth-order valence-corrected chi connectivity index (χ4v) is 1.98. The van der Waals surface area contributed by atoms with Gasteiger partial charge in [-0.3, -0.25) is 0 Å². The van der Waals surface area contributed by atoms with Crippen LogP contribution in [0.5, 0.6) is 0 Å². The van der Waals surface area contributed by atoms with Crippen LogP contribution < -0.4 is 5.73 Å². The van der Waals surface area contributed by atoms with Crippen molar-refractivity contribution in [2.45, 2.75) is 90.7 Å². The summed E-state index contributed by atoms with van der Waals surface area (Å²) in [6, 6.07) is 0. The zero-order valence-electron chi connectivity index (χ0n) is 13.6. The average Bonchev–Trinajstić information content (AvgIpc) is 2.43. The van der Waals surface area contributed by atoms with Gasteiger partial charge in [-0.05, 0) is 32.1 Å². The molecule has 0 saturated heterocycles. The van der Waals surface area contributed by atoms with Gasteiger partial charge in [0.15, 0.2) is 0 Å². The van der Waals surface area contributed by atoms with Crippen LogP contribution in [0.3, 0.4) is 0 Å². The molecule has 0 saturated carbocycles. The number of halogens is 1. The lowest BCUT2D eigenvalue weighted by Crippen LogP contribution is -2.22. The molecule has 0 bridgehead atoms. The molecular formula is C17H36BrNO. The van der Waals surface area contributed by atoms with Gasteiger partial charge < -0.3 is 10.5 Å². The SMILES string of the molecule is Br.CCCCC=CCCCCCCCCOC(N)CC. The van der Waals surface area contributed by atoms with Crippen LogP contribution in [0.15, 0.2) is 12.2 Å². The second-order valence-electron chi connectivity index (χ2n) is 5.34. The topological polar surface area (TPSA) is 35.2 Å². The van der Waals surface area contributed by atoms with E-state index in [0.29, 0.717) is 0 Å². The van der Waals surface area contributed by atoms with E-state index in [1.165, 1.54) is 57.8 Å². The lowest BCUT2D eigenvalue weighted by molar-refractivity contribution is 0.0526. The highest BCUT2D eigenvalue weighted by Gasteiger charge is 1.97. The minimum Gasteiger partial charge on any atom is -0.364 e. The first kappa shape index (κ1) is 22.4. The Morgan fingerprint density at radius 2 is 1.40 bits per heavy atom. The highest BCUT2D eigenvalue weighted by Crippen LogP contribution is 2.08. The first-order chi connectivity index (χ1) is 9.31. The molecule has 1 unspecified atom stereocenters. The molecule has 0 aromatic heterocycles. The number of rotatable bonds is 14. The Morgan fingerprint density at radius 1 is 0.850 bits per heavy atom. The fourth-order valence-electron chi connectivity index (χ4n) is 1.98. The number of nitrogens with two attached hydrogens (primary N) is 1. The number of unbranched alkanes of at least 4 members (excludes halogenated alkanes) is 8. The third kappa shape index (κ3) is 18.1. The van der Waals surface area contributed by atoms with E-state index >= 15 is 0 Å². The summed E-state index contributed by atoms with van der Waals surface area (Å²) in [4.78, 5) is 0. The van der Waals surface area contributed by atoms with Gasteiger partial charge >= 0.3 is 0 Å². The molecule has 2 nitrogen and oxygen atoms in total. The molecule has 2 N–H and O–H groups in total. The lowest BCUT2D eigenvalue weighted by Gasteiger charge is -2.09. The van der Waals surface area contributed by atoms with Gasteiger partial charge in [-0.25, -0.2) is 0 Å². The molecule has 0 aromatic carbocycles. The monoisotopic (exact) mass is 349 g/mol. The summed E-state index contributed by atoms with van der Waals surface area (Å²) in [5.74, 6) is 0. The Morgan fingerprint density at radius 3 is 2.00 bits per heavy atom. The van der Waals surface area contributed by atoms with Crippen LogP contribution in [-0.2, 0) is 4.74 Å². The summed E-state index contributed by atoms with van der Waals surface area (Å²) >= 11 is 0. The Labute approximate surface area is 137 Å². The molecule has 0 rings (SSSR count). The van der Waals surface area contributed by atoms with Crippen molar-refractivity contribution in [3.63, 3.8) is 0 Å². The molecule has 0 amide bonds. The molecule has 0 aliphatic heterocycles. The van der Waals surface area contributed by atoms with Crippen LogP contribution in [0.4, 0.5) is 0 Å². The van der Waals surface area contributed by atoms with Crippen LogP contribution in [0.1, 0.15) is 84.5 Å². The quantitative estimate of drug-likeness (QED) is 0.246. The number of ether oxygens (including phenoxy) is 1. The maximum absolute atomic E-state index is 5.68. The van der Waals surface area contributed by atoms with E-state index in [-0.39, 0.29) is 23.2 Å². The largest absolute Gasteiger partial charge is 0.364 e. The summed E-state index contributed by atoms with van der Waals surface area (Å²) in [6.45, 7) is 5.13. The van der Waals surface area contributed by atoms with Gasteiger partial charge in [0.05, 0.1) is 0 Å². The fraction of sp³-hybridized carbons (Fsp3) is 0.882. The van der Waals surface area contributed by atoms with E-state index in [1.807, 2.05) is 0 Å². The van der Waals surface area contributed by atoms with E-state index < -0.39 is 0 Å². The maximum atomic E-state index is 5.68. The summed E-state index contributed by atoms with van der Waals surface area (Å²) in [6.07, 6.45) is 18.6. The molecule has 122 valence electrons. The van der Waals surface area contributed by atoms with E-state index in [1.54, 1.807) is 0 Å². The normalized spacial score (nSPS) is 12.6. The van der Waals surface area contributed by atoms with E-state index in [9.17, 15) is 0 Å². The molecule has 1 atom stereocenters. The minimum absolute atomic E-state index is 0. The van der Waals surface area contributed by atoms with Gasteiger partial charge in [-0.2, -0.15) is 0 Å². The van der Waals surface area contributed by atoms with Crippen molar-refractivity contribution in [2.24, 2.45) is 5.73 Å². The van der Waals surface area contributed by atoms with Gasteiger partial charge in [-0.1, -0.05) is 64.5 Å². The minimum atomic E-state index is -0.0560. The Balaban J connectivity index is 0. The lowest BCUT2D eigenvalue weighted by atomic mass is 10.1. The van der Waals surface area contributed by atoms with Gasteiger partial charge in [0.25, 0.3) is 0 Å². The van der Waals surface area contributed by atoms with Crippen molar-refractivity contribution in [3.8, 4) is 0 Å². The maximum Gasteiger partial charge on any atom is 0.105 e. The molecule has 0 aliphatic rings. The van der Waals surface area contributed by atoms with Crippen LogP contribution in [0.25, 0.3) is 0 Å². The number of hydrogen-bond acceptors (Lipinski definition) is 2. The summed E-state index contributed by atoms with van der Waals surface area (Å²) in [7, 11) is 0. The van der Waals surface area contributed by atoms with Crippen LogP contribution in [0.2, 0.25) is 0 Å². The molecule has 20 heavy (non-hydrogen) atoms. The second kappa shape index (κ2) is 19.1. The van der Waals surface area contributed by atoms with Crippen molar-refractivity contribution in [1.82, 2.24) is 0 Å². The molecular weight excluding hydrogens is 314 g/mol. The predicted octanol–water partition coefficient (Wildman–Crippen LogP) is 5.75. The van der Waals surface area contributed by atoms with Gasteiger partial charge in [0.2, 0.25) is 0 Å². The predicted molar refractivity (Wildman–Crippen MR) is 95.5 cm³/mol. The first-order valence-corrected chi connectivity index (χ1v) is 8.33. The standard InChI is InChI=1S/C17H35NO.BrH/c1-3-5-6-7-8-9-10-11-12-13-14-15-16-19-17(18)4-2;/h7-8,17H,3-6,9-16,18H2,1-2H3;1H. The van der Waals surface area contributed by atoms with E-state index in [0.717, 1.165) is 19.4 Å². The van der Waals surface area contributed by atoms with Crippen molar-refractivity contribution in [1.29, 1.82) is 0 Å². The van der Waals surface area contributed by atoms with Gasteiger partial charge in [0.1, 0.15) is 6.23 Å². The number of allylic oxidation sites excluding steroid dienone is 2. The van der Waals surface area contributed by atoms with Crippen molar-refractivity contribution in [2.75, 3.05) is 6.61 Å². The van der Waals surface area contributed by atoms with Gasteiger partial charge in [0, 0.05) is 6.61 Å². The third-order valence-corrected chi connectivity index (χ3v) is 3.39. The van der Waals surface area contributed by atoms with Crippen molar-refractivity contribution < 1.29 is 4.74 Å². The smallest absolute Gasteiger partial charge is 0.105 e. The molecule has 0 aromatic rings. The van der Waals surface area contributed by atoms with E-state index in [2.05, 4.69) is 26.0 Å². The highest BCUT2D eigenvalue weighted by atomic mass is 79.9. The third-order valence-electron chi connectivity index (χ3n) is 3.39. The van der Waals surface area contributed by atoms with Crippen LogP contribution >= 0.6 is 17.0 Å². The zero-order chi connectivity index (χ0) is 14.2. The Bertz CT molecular complexity index is 197. The van der Waals surface area contributed by atoms with Crippen LogP contribution in [-0.4, -0.2) is 12.8 Å². The molecule has 0 fully saturated rings. The Kier molecular flexibility index (Phi) is 21.5. The zero-order valence-corrected chi connectivity index (χ0v) is 15.3. The van der Waals surface area contributed by atoms with Crippen molar-refractivity contribution >= 4 is 17.0 Å². The molecule has 0 spiro atoms. The Hall–Kier alpha value is 0.140. The van der Waals surface area contributed by atoms with Crippen molar-refractivity contribution in [3.05, 3.63) is 12.2 Å². The summed E-state index contributed by atoms with van der Waals surface area (Å²) in [5.41, 5.74) is 5.68. The van der Waals surface area contributed by atoms with Gasteiger partial charge in [-0.15, -0.1) is 17.0 Å². The highest BCUT2D eigenvalue weighted by molar-refractivity contribution is 8.93. The average molecular weight is 350 g/mol. The number of hydrogen-bond donors (Lipinski definition) is 1. The summed E-state index contributed by atoms with van der Waals surface area (Å²) in [5, 5.41) is 0. The second-order valence-corrected chi connectivity index (χ2v) is 5.34. The molecule has 3 heteroatoms. The first-order valence-electron chi connectivity index (χ1n) is 8.33.